The van der Waals surface area contributed by atoms with Gasteiger partial charge in [-0.1, -0.05) is 0 Å². The Kier molecular flexibility index (Phi) is 4.44. The second-order valence-electron chi connectivity index (χ2n) is 6.20. The summed E-state index contributed by atoms with van der Waals surface area (Å²) in [5.74, 6) is 1.07. The highest BCUT2D eigenvalue weighted by Crippen LogP contribution is 2.41. The van der Waals surface area contributed by atoms with Gasteiger partial charge in [0.25, 0.3) is 5.91 Å². The summed E-state index contributed by atoms with van der Waals surface area (Å²) in [6.45, 7) is 3.93. The molecule has 1 saturated carbocycles. The van der Waals surface area contributed by atoms with Gasteiger partial charge < -0.3 is 10.6 Å². The first kappa shape index (κ1) is 15.4. The van der Waals surface area contributed by atoms with Crippen LogP contribution < -0.4 is 10.6 Å². The van der Waals surface area contributed by atoms with Crippen LogP contribution in [-0.4, -0.2) is 54.4 Å². The van der Waals surface area contributed by atoms with Gasteiger partial charge in [-0.05, 0) is 31.6 Å². The summed E-state index contributed by atoms with van der Waals surface area (Å²) in [7, 11) is 1.65. The molecule has 6 nitrogen and oxygen atoms in total. The van der Waals surface area contributed by atoms with E-state index in [0.717, 1.165) is 18.1 Å². The molecular formula is C15H22N4O2S. The van der Waals surface area contributed by atoms with Gasteiger partial charge in [0, 0.05) is 31.6 Å². The van der Waals surface area contributed by atoms with Gasteiger partial charge in [-0.25, -0.2) is 4.98 Å². The Bertz CT molecular complexity index is 570. The fraction of sp³-hybridized carbons (Fsp3) is 0.667. The topological polar surface area (TPSA) is 74.3 Å². The number of aromatic nitrogens is 1. The molecule has 2 fully saturated rings. The van der Waals surface area contributed by atoms with Crippen molar-refractivity contribution in [2.45, 2.75) is 25.8 Å². The zero-order valence-electron chi connectivity index (χ0n) is 13.0. The minimum atomic E-state index is -0.0956. The monoisotopic (exact) mass is 322 g/mol. The van der Waals surface area contributed by atoms with E-state index in [1.54, 1.807) is 12.4 Å². The largest absolute Gasteiger partial charge is 0.358 e. The molecule has 120 valence electrons. The van der Waals surface area contributed by atoms with E-state index in [1.807, 2.05) is 6.92 Å². The quantitative estimate of drug-likeness (QED) is 0.834. The van der Waals surface area contributed by atoms with Crippen LogP contribution in [0.2, 0.25) is 0 Å². The van der Waals surface area contributed by atoms with Gasteiger partial charge in [0.2, 0.25) is 5.91 Å². The highest BCUT2D eigenvalue weighted by Gasteiger charge is 2.43. The summed E-state index contributed by atoms with van der Waals surface area (Å²) in [4.78, 5) is 30.3. The van der Waals surface area contributed by atoms with Crippen LogP contribution in [0.1, 0.15) is 28.3 Å². The molecule has 1 aliphatic heterocycles. The van der Waals surface area contributed by atoms with Crippen molar-refractivity contribution in [2.24, 2.45) is 11.8 Å². The Labute approximate surface area is 134 Å². The number of thiazole rings is 1. The number of carbonyl (C=O) groups excluding carboxylic acids is 2. The van der Waals surface area contributed by atoms with Gasteiger partial charge in [0.15, 0.2) is 0 Å². The highest BCUT2D eigenvalue weighted by molar-refractivity contribution is 7.09. The summed E-state index contributed by atoms with van der Waals surface area (Å²) in [6, 6.07) is 0.117. The lowest BCUT2D eigenvalue weighted by Crippen LogP contribution is -2.42. The first-order valence-corrected chi connectivity index (χ1v) is 8.60. The van der Waals surface area contributed by atoms with Gasteiger partial charge >= 0.3 is 0 Å². The molecule has 7 heteroatoms. The fourth-order valence-electron chi connectivity index (χ4n) is 3.19. The summed E-state index contributed by atoms with van der Waals surface area (Å²) in [6.07, 6.45) is 2.47. The number of likely N-dealkylation sites (N-methyl/N-ethyl adjacent to an activating group) is 1. The number of hydrogen-bond donors (Lipinski definition) is 2. The molecule has 2 atom stereocenters. The molecular weight excluding hydrogens is 300 g/mol. The van der Waals surface area contributed by atoms with E-state index >= 15 is 0 Å². The average molecular weight is 322 g/mol. The summed E-state index contributed by atoms with van der Waals surface area (Å²) < 4.78 is 0. The third-order valence-electron chi connectivity index (χ3n) is 4.48. The van der Waals surface area contributed by atoms with Crippen molar-refractivity contribution in [3.05, 3.63) is 16.1 Å². The molecule has 0 radical (unpaired) electrons. The van der Waals surface area contributed by atoms with Crippen molar-refractivity contribution in [3.8, 4) is 0 Å². The Morgan fingerprint density at radius 3 is 2.77 bits per heavy atom. The van der Waals surface area contributed by atoms with E-state index in [2.05, 4.69) is 20.5 Å². The smallest absolute Gasteiger partial charge is 0.271 e. The molecule has 2 heterocycles. The van der Waals surface area contributed by atoms with Gasteiger partial charge in [-0.15, -0.1) is 11.3 Å². The molecule has 2 aliphatic rings. The number of carbonyl (C=O) groups is 2. The number of nitrogens with one attached hydrogen (secondary N) is 2. The number of nitrogens with zero attached hydrogens (tertiary/aromatic N) is 2. The van der Waals surface area contributed by atoms with Crippen molar-refractivity contribution in [2.75, 3.05) is 26.7 Å². The molecule has 3 rings (SSSR count). The summed E-state index contributed by atoms with van der Waals surface area (Å²) in [5, 5.41) is 8.49. The highest BCUT2D eigenvalue weighted by atomic mass is 32.1. The maximum atomic E-state index is 12.3. The SMILES string of the molecule is CNC(=O)CN1CC(NC(=O)c2csc(C)n2)C(C2CC2)C1. The van der Waals surface area contributed by atoms with Gasteiger partial charge in [-0.3, -0.25) is 14.5 Å². The predicted molar refractivity (Wildman–Crippen MR) is 84.8 cm³/mol. The third-order valence-corrected chi connectivity index (χ3v) is 5.26. The maximum Gasteiger partial charge on any atom is 0.271 e. The van der Waals surface area contributed by atoms with Gasteiger partial charge in [-0.2, -0.15) is 0 Å². The normalized spacial score (nSPS) is 25.2. The van der Waals surface area contributed by atoms with E-state index in [0.29, 0.717) is 24.1 Å². The summed E-state index contributed by atoms with van der Waals surface area (Å²) >= 11 is 1.49. The second-order valence-corrected chi connectivity index (χ2v) is 7.26. The molecule has 0 spiro atoms. The molecule has 1 saturated heterocycles. The van der Waals surface area contributed by atoms with E-state index in [1.165, 1.54) is 24.2 Å². The molecule has 2 unspecified atom stereocenters. The van der Waals surface area contributed by atoms with Crippen LogP contribution in [0, 0.1) is 18.8 Å². The minimum absolute atomic E-state index is 0.0247. The number of aryl methyl sites for hydroxylation is 1. The van der Waals surface area contributed by atoms with E-state index < -0.39 is 0 Å². The number of hydrogen-bond acceptors (Lipinski definition) is 5. The molecule has 2 N–H and O–H groups in total. The van der Waals surface area contributed by atoms with Crippen molar-refractivity contribution in [1.29, 1.82) is 0 Å². The van der Waals surface area contributed by atoms with Crippen LogP contribution in [0.5, 0.6) is 0 Å². The second kappa shape index (κ2) is 6.34. The first-order valence-electron chi connectivity index (χ1n) is 7.72. The fourth-order valence-corrected chi connectivity index (χ4v) is 3.78. The van der Waals surface area contributed by atoms with Crippen molar-refractivity contribution in [3.63, 3.8) is 0 Å². The van der Waals surface area contributed by atoms with Crippen LogP contribution in [-0.2, 0) is 4.79 Å². The van der Waals surface area contributed by atoms with E-state index in [4.69, 9.17) is 0 Å². The summed E-state index contributed by atoms with van der Waals surface area (Å²) in [5.41, 5.74) is 0.502. The Balaban J connectivity index is 1.63. The lowest BCUT2D eigenvalue weighted by molar-refractivity contribution is -0.121. The van der Waals surface area contributed by atoms with Crippen LogP contribution in [0.15, 0.2) is 5.38 Å². The standard InChI is InChI=1S/C15H22N4O2S/c1-9-17-13(8-22-9)15(21)18-12-6-19(7-14(20)16-2)5-11(12)10-3-4-10/h8,10-12H,3-7H2,1-2H3,(H,16,20)(H,18,21). The van der Waals surface area contributed by atoms with Crippen LogP contribution in [0.25, 0.3) is 0 Å². The van der Waals surface area contributed by atoms with Crippen molar-refractivity contribution < 1.29 is 9.59 Å². The van der Waals surface area contributed by atoms with E-state index in [9.17, 15) is 9.59 Å². The Morgan fingerprint density at radius 2 is 2.18 bits per heavy atom. The minimum Gasteiger partial charge on any atom is -0.358 e. The molecule has 1 aliphatic carbocycles. The first-order chi connectivity index (χ1) is 10.6. The lowest BCUT2D eigenvalue weighted by atomic mass is 9.98. The Morgan fingerprint density at radius 1 is 1.41 bits per heavy atom. The molecule has 0 aromatic carbocycles. The molecule has 1 aromatic heterocycles. The van der Waals surface area contributed by atoms with Crippen LogP contribution in [0.4, 0.5) is 0 Å². The molecule has 22 heavy (non-hydrogen) atoms. The molecule has 0 bridgehead atoms. The molecule has 1 aromatic rings. The zero-order valence-corrected chi connectivity index (χ0v) is 13.8. The van der Waals surface area contributed by atoms with Gasteiger partial charge in [0.1, 0.15) is 5.69 Å². The van der Waals surface area contributed by atoms with Crippen molar-refractivity contribution >= 4 is 23.2 Å². The lowest BCUT2D eigenvalue weighted by Gasteiger charge is -2.18. The number of likely N-dealkylation sites (tertiary alicyclic amines) is 1. The Hall–Kier alpha value is -1.47. The van der Waals surface area contributed by atoms with E-state index in [-0.39, 0.29) is 17.9 Å². The number of rotatable bonds is 5. The number of amides is 2. The van der Waals surface area contributed by atoms with Crippen LogP contribution in [0.3, 0.4) is 0 Å². The molecule has 2 amide bonds. The third kappa shape index (κ3) is 3.47. The predicted octanol–water partition coefficient (Wildman–Crippen LogP) is 0.638. The van der Waals surface area contributed by atoms with Crippen LogP contribution >= 0.6 is 11.3 Å². The average Bonchev–Trinajstić information content (AvgIpc) is 3.13. The maximum absolute atomic E-state index is 12.3. The van der Waals surface area contributed by atoms with Gasteiger partial charge in [0.05, 0.1) is 11.6 Å². The van der Waals surface area contributed by atoms with Crippen molar-refractivity contribution in [1.82, 2.24) is 20.5 Å². The zero-order chi connectivity index (χ0) is 15.7.